The van der Waals surface area contributed by atoms with Gasteiger partial charge < -0.3 is 10.2 Å². The molecule has 1 N–H and O–H groups in total. The minimum Gasteiger partial charge on any atom is -0.351 e. The van der Waals surface area contributed by atoms with Gasteiger partial charge in [-0.1, -0.05) is 48.0 Å². The highest BCUT2D eigenvalue weighted by atomic mass is 16.2. The Morgan fingerprint density at radius 2 is 1.96 bits per heavy atom. The molecule has 124 valence electrons. The van der Waals surface area contributed by atoms with Gasteiger partial charge in [0.25, 0.3) is 0 Å². The summed E-state index contributed by atoms with van der Waals surface area (Å²) in [5.74, 6) is -0.877. The van der Waals surface area contributed by atoms with Crippen LogP contribution in [0.15, 0.2) is 48.5 Å². The summed E-state index contributed by atoms with van der Waals surface area (Å²) in [6, 6.07) is 15.8. The van der Waals surface area contributed by atoms with Gasteiger partial charge in [-0.25, -0.2) is 0 Å². The minimum absolute atomic E-state index is 0.106. The van der Waals surface area contributed by atoms with Crippen LogP contribution in [-0.2, 0) is 16.1 Å². The Balaban J connectivity index is 1.64. The number of carbonyl (C=O) groups excluding carboxylic acids is 2. The van der Waals surface area contributed by atoms with Crippen LogP contribution in [0, 0.1) is 19.8 Å². The van der Waals surface area contributed by atoms with Crippen LogP contribution in [0.1, 0.15) is 23.1 Å². The van der Waals surface area contributed by atoms with Gasteiger partial charge in [-0.15, -0.1) is 0 Å². The number of anilines is 1. The monoisotopic (exact) mass is 322 g/mol. The first-order valence-electron chi connectivity index (χ1n) is 8.26. The smallest absolute Gasteiger partial charge is 0.239 e. The molecular formula is C20H22N2O2. The van der Waals surface area contributed by atoms with E-state index in [2.05, 4.69) is 5.32 Å². The summed E-state index contributed by atoms with van der Waals surface area (Å²) in [7, 11) is 0. The second-order valence-electron chi connectivity index (χ2n) is 6.32. The summed E-state index contributed by atoms with van der Waals surface area (Å²) in [5.41, 5.74) is 4.15. The van der Waals surface area contributed by atoms with E-state index in [1.807, 2.05) is 62.4 Å². The van der Waals surface area contributed by atoms with Crippen molar-refractivity contribution < 1.29 is 9.59 Å². The third-order valence-corrected chi connectivity index (χ3v) is 4.48. The van der Waals surface area contributed by atoms with Crippen LogP contribution in [0.5, 0.6) is 0 Å². The quantitative estimate of drug-likeness (QED) is 0.880. The Bertz CT molecular complexity index is 770. The Labute approximate surface area is 142 Å². The topological polar surface area (TPSA) is 49.4 Å². The van der Waals surface area contributed by atoms with E-state index < -0.39 is 5.92 Å². The number of hydrogen-bond acceptors (Lipinski definition) is 2. The largest absolute Gasteiger partial charge is 0.351 e. The summed E-state index contributed by atoms with van der Waals surface area (Å²) in [4.78, 5) is 26.8. The second kappa shape index (κ2) is 6.87. The number of rotatable bonds is 4. The fourth-order valence-electron chi connectivity index (χ4n) is 3.16. The highest BCUT2D eigenvalue weighted by Crippen LogP contribution is 2.27. The number of nitrogens with zero attached hydrogens (tertiary/aromatic N) is 1. The molecule has 0 bridgehead atoms. The Kier molecular flexibility index (Phi) is 4.65. The zero-order valence-corrected chi connectivity index (χ0v) is 14.1. The highest BCUT2D eigenvalue weighted by Gasteiger charge is 2.37. The molecule has 4 nitrogen and oxygen atoms in total. The van der Waals surface area contributed by atoms with Crippen molar-refractivity contribution in [2.75, 3.05) is 11.4 Å². The lowest BCUT2D eigenvalue weighted by Gasteiger charge is -2.19. The Morgan fingerprint density at radius 3 is 2.71 bits per heavy atom. The van der Waals surface area contributed by atoms with Gasteiger partial charge in [0.15, 0.2) is 0 Å². The fraction of sp³-hybridized carbons (Fsp3) is 0.300. The maximum atomic E-state index is 12.6. The number of nitrogens with one attached hydrogen (secondary N) is 1. The molecule has 2 aromatic rings. The van der Waals surface area contributed by atoms with Crippen LogP contribution >= 0.6 is 0 Å². The Hall–Kier alpha value is -2.62. The van der Waals surface area contributed by atoms with Crippen molar-refractivity contribution in [1.29, 1.82) is 0 Å². The lowest BCUT2D eigenvalue weighted by Crippen LogP contribution is -2.36. The Morgan fingerprint density at radius 1 is 1.17 bits per heavy atom. The molecule has 2 amide bonds. The third kappa shape index (κ3) is 3.32. The zero-order chi connectivity index (χ0) is 17.1. The molecule has 24 heavy (non-hydrogen) atoms. The number of benzene rings is 2. The zero-order valence-electron chi connectivity index (χ0n) is 14.1. The van der Waals surface area contributed by atoms with Crippen LogP contribution in [0.25, 0.3) is 0 Å². The van der Waals surface area contributed by atoms with E-state index in [0.717, 1.165) is 22.4 Å². The van der Waals surface area contributed by atoms with E-state index in [1.54, 1.807) is 4.90 Å². The maximum Gasteiger partial charge on any atom is 0.239 e. The molecule has 1 atom stereocenters. The number of para-hydroxylation sites is 1. The van der Waals surface area contributed by atoms with Crippen molar-refractivity contribution in [3.63, 3.8) is 0 Å². The summed E-state index contributed by atoms with van der Waals surface area (Å²) < 4.78 is 0. The second-order valence-corrected chi connectivity index (χ2v) is 6.32. The molecular weight excluding hydrogens is 300 g/mol. The van der Waals surface area contributed by atoms with Crippen LogP contribution in [0.3, 0.4) is 0 Å². The van der Waals surface area contributed by atoms with Gasteiger partial charge in [0.1, 0.15) is 5.92 Å². The van der Waals surface area contributed by atoms with Gasteiger partial charge in [0, 0.05) is 18.8 Å². The van der Waals surface area contributed by atoms with Crippen molar-refractivity contribution >= 4 is 17.5 Å². The van der Waals surface area contributed by atoms with Crippen molar-refractivity contribution in [3.8, 4) is 0 Å². The van der Waals surface area contributed by atoms with Gasteiger partial charge in [-0.2, -0.15) is 0 Å². The third-order valence-electron chi connectivity index (χ3n) is 4.48. The van der Waals surface area contributed by atoms with Crippen LogP contribution in [-0.4, -0.2) is 18.4 Å². The first-order valence-corrected chi connectivity index (χ1v) is 8.26. The van der Waals surface area contributed by atoms with E-state index in [0.29, 0.717) is 19.5 Å². The van der Waals surface area contributed by atoms with Gasteiger partial charge in [0.2, 0.25) is 11.8 Å². The van der Waals surface area contributed by atoms with Gasteiger partial charge in [0.05, 0.1) is 0 Å². The molecule has 0 radical (unpaired) electrons. The summed E-state index contributed by atoms with van der Waals surface area (Å²) in [5, 5.41) is 2.90. The predicted octanol–water partition coefficient (Wildman–Crippen LogP) is 2.97. The first kappa shape index (κ1) is 16.2. The summed E-state index contributed by atoms with van der Waals surface area (Å²) in [6.45, 7) is 5.04. The number of amides is 2. The molecule has 3 rings (SSSR count). The molecule has 4 heteroatoms. The summed E-state index contributed by atoms with van der Waals surface area (Å²) >= 11 is 0. The molecule has 1 aliphatic rings. The molecule has 0 aliphatic carbocycles. The predicted molar refractivity (Wildman–Crippen MR) is 94.7 cm³/mol. The average Bonchev–Trinajstić information content (AvgIpc) is 2.95. The van der Waals surface area contributed by atoms with Crippen LogP contribution < -0.4 is 10.2 Å². The van der Waals surface area contributed by atoms with E-state index in [1.165, 1.54) is 0 Å². The van der Waals surface area contributed by atoms with E-state index in [9.17, 15) is 9.59 Å². The molecule has 2 aromatic carbocycles. The molecule has 0 aromatic heterocycles. The average molecular weight is 322 g/mol. The van der Waals surface area contributed by atoms with E-state index >= 15 is 0 Å². The number of hydrogen-bond donors (Lipinski definition) is 1. The molecule has 1 fully saturated rings. The van der Waals surface area contributed by atoms with Gasteiger partial charge in [-0.05, 0) is 37.5 Å². The lowest BCUT2D eigenvalue weighted by molar-refractivity contribution is -0.132. The van der Waals surface area contributed by atoms with Crippen LogP contribution in [0.2, 0.25) is 0 Å². The maximum absolute atomic E-state index is 12.6. The number of aryl methyl sites for hydroxylation is 2. The lowest BCUT2D eigenvalue weighted by atomic mass is 10.1. The molecule has 0 saturated carbocycles. The molecule has 0 spiro atoms. The van der Waals surface area contributed by atoms with Crippen molar-refractivity contribution in [2.45, 2.75) is 26.8 Å². The van der Waals surface area contributed by atoms with Gasteiger partial charge in [-0.3, -0.25) is 9.59 Å². The SMILES string of the molecule is Cc1cccc(CNC(=O)[C@@H]2CCN(c3ccccc3C)C2=O)c1. The molecule has 0 unspecified atom stereocenters. The number of carbonyl (C=O) groups is 2. The molecule has 1 aliphatic heterocycles. The normalized spacial score (nSPS) is 17.2. The van der Waals surface area contributed by atoms with Gasteiger partial charge >= 0.3 is 0 Å². The fourth-order valence-corrected chi connectivity index (χ4v) is 3.16. The van der Waals surface area contributed by atoms with E-state index in [-0.39, 0.29) is 11.8 Å². The first-order chi connectivity index (χ1) is 11.6. The van der Waals surface area contributed by atoms with Crippen molar-refractivity contribution in [1.82, 2.24) is 5.32 Å². The van der Waals surface area contributed by atoms with Crippen molar-refractivity contribution in [3.05, 3.63) is 65.2 Å². The minimum atomic E-state index is -0.589. The van der Waals surface area contributed by atoms with Crippen LogP contribution in [0.4, 0.5) is 5.69 Å². The molecule has 1 saturated heterocycles. The van der Waals surface area contributed by atoms with Crippen molar-refractivity contribution in [2.24, 2.45) is 5.92 Å². The molecule has 1 heterocycles. The standard InChI is InChI=1S/C20H22N2O2/c1-14-6-5-8-16(12-14)13-21-19(23)17-10-11-22(20(17)24)18-9-4-3-7-15(18)2/h3-9,12,17H,10-11,13H2,1-2H3,(H,21,23)/t17-/m0/s1. The highest BCUT2D eigenvalue weighted by molar-refractivity contribution is 6.09. The van der Waals surface area contributed by atoms with E-state index in [4.69, 9.17) is 0 Å². The summed E-state index contributed by atoms with van der Waals surface area (Å²) in [6.07, 6.45) is 0.562.